The van der Waals surface area contributed by atoms with Crippen LogP contribution in [0.3, 0.4) is 0 Å². The zero-order valence-corrected chi connectivity index (χ0v) is 18.5. The van der Waals surface area contributed by atoms with Gasteiger partial charge in [0, 0.05) is 33.2 Å². The van der Waals surface area contributed by atoms with E-state index in [1.165, 1.54) is 22.7 Å². The van der Waals surface area contributed by atoms with Crippen molar-refractivity contribution >= 4 is 23.7 Å². The van der Waals surface area contributed by atoms with E-state index in [4.69, 9.17) is 15.9 Å². The second-order valence-corrected chi connectivity index (χ2v) is 8.51. The maximum Gasteiger partial charge on any atom is 0.328 e. The Morgan fingerprint density at radius 3 is 2.13 bits per heavy atom. The molecule has 0 aromatic heterocycles. The van der Waals surface area contributed by atoms with Gasteiger partial charge in [-0.15, -0.1) is 0 Å². The average molecular weight is 440 g/mol. The second kappa shape index (κ2) is 11.7. The van der Waals surface area contributed by atoms with Crippen LogP contribution in [0.5, 0.6) is 0 Å². The number of hydrazine groups is 1. The van der Waals surface area contributed by atoms with E-state index in [1.54, 1.807) is 11.8 Å². The fraction of sp³-hybridized carbons (Fsp3) is 0.429. The second-order valence-electron chi connectivity index (χ2n) is 7.39. The number of carbonyl (C=O) groups is 2. The molecule has 1 aromatic carbocycles. The molecule has 0 bridgehead atoms. The Bertz CT molecular complexity index is 772. The van der Waals surface area contributed by atoms with Gasteiger partial charge in [-0.1, -0.05) is 25.6 Å². The first-order valence-corrected chi connectivity index (χ1v) is 10.4. The fourth-order valence-electron chi connectivity index (χ4n) is 2.75. The number of benzene rings is 1. The summed E-state index contributed by atoms with van der Waals surface area (Å²) in [6.45, 7) is 9.17. The molecule has 1 atom stereocenters. The summed E-state index contributed by atoms with van der Waals surface area (Å²) in [6.07, 6.45) is 3.07. The highest BCUT2D eigenvalue weighted by Crippen LogP contribution is 2.38. The van der Waals surface area contributed by atoms with Crippen LogP contribution in [0.4, 0.5) is 4.39 Å². The molecule has 0 saturated heterocycles. The van der Waals surface area contributed by atoms with Crippen LogP contribution in [-0.2, 0) is 9.59 Å². The van der Waals surface area contributed by atoms with E-state index < -0.39 is 11.9 Å². The smallest absolute Gasteiger partial charge is 0.328 e. The van der Waals surface area contributed by atoms with E-state index in [-0.39, 0.29) is 11.4 Å². The lowest BCUT2D eigenvalue weighted by Gasteiger charge is -2.30. The minimum atomic E-state index is -1.26. The lowest BCUT2D eigenvalue weighted by atomic mass is 10.1. The fourth-order valence-corrected chi connectivity index (χ4v) is 4.01. The Labute approximate surface area is 180 Å². The molecule has 1 heterocycles. The van der Waals surface area contributed by atoms with E-state index in [2.05, 4.69) is 24.3 Å². The van der Waals surface area contributed by atoms with Crippen molar-refractivity contribution in [2.45, 2.75) is 57.0 Å². The van der Waals surface area contributed by atoms with Crippen LogP contribution in [0.15, 0.2) is 51.9 Å². The van der Waals surface area contributed by atoms with E-state index in [9.17, 15) is 14.0 Å². The van der Waals surface area contributed by atoms with Crippen molar-refractivity contribution in [1.29, 1.82) is 0 Å². The molecular weight excluding hydrogens is 409 g/mol. The number of aliphatic carboxylic acids is 2. The van der Waals surface area contributed by atoms with Crippen molar-refractivity contribution in [2.24, 2.45) is 5.73 Å². The monoisotopic (exact) mass is 439 g/mol. The number of halogens is 1. The summed E-state index contributed by atoms with van der Waals surface area (Å²) in [7, 11) is 0. The summed E-state index contributed by atoms with van der Waals surface area (Å²) in [5.74, 6) is -2.71. The predicted molar refractivity (Wildman–Crippen MR) is 116 cm³/mol. The number of nitrogens with one attached hydrogen (secondary N) is 1. The van der Waals surface area contributed by atoms with Gasteiger partial charge in [0.2, 0.25) is 0 Å². The van der Waals surface area contributed by atoms with Crippen LogP contribution in [0, 0.1) is 5.82 Å². The first kappa shape index (κ1) is 25.7. The Kier molecular flexibility index (Phi) is 10.0. The maximum atomic E-state index is 13.1. The molecule has 0 aliphatic carbocycles. The van der Waals surface area contributed by atoms with Gasteiger partial charge < -0.3 is 21.0 Å². The number of carboxylic acids is 2. The average Bonchev–Trinajstić information content (AvgIpc) is 2.96. The highest BCUT2D eigenvalue weighted by Gasteiger charge is 2.31. The minimum absolute atomic E-state index is 0.197. The van der Waals surface area contributed by atoms with Crippen LogP contribution in [0.1, 0.15) is 40.5 Å². The molecule has 30 heavy (non-hydrogen) atoms. The molecule has 166 valence electrons. The Hall–Kier alpha value is -2.36. The van der Waals surface area contributed by atoms with Crippen LogP contribution in [0.25, 0.3) is 0 Å². The van der Waals surface area contributed by atoms with E-state index in [0.717, 1.165) is 24.3 Å². The number of allylic oxidation sites excluding steroid dienone is 1. The predicted octanol–water partition coefficient (Wildman–Crippen LogP) is 3.59. The van der Waals surface area contributed by atoms with Gasteiger partial charge >= 0.3 is 11.9 Å². The molecule has 7 nitrogen and oxygen atoms in total. The first-order chi connectivity index (χ1) is 14.0. The van der Waals surface area contributed by atoms with Gasteiger partial charge in [0.1, 0.15) is 5.82 Å². The highest BCUT2D eigenvalue weighted by molar-refractivity contribution is 8.03. The van der Waals surface area contributed by atoms with Crippen molar-refractivity contribution in [3.8, 4) is 0 Å². The topological polar surface area (TPSA) is 116 Å². The van der Waals surface area contributed by atoms with Gasteiger partial charge in [-0.2, -0.15) is 0 Å². The van der Waals surface area contributed by atoms with Crippen LogP contribution < -0.4 is 11.2 Å². The molecule has 1 aromatic rings. The lowest BCUT2D eigenvalue weighted by Crippen LogP contribution is -2.49. The molecule has 1 aliphatic heterocycles. The number of hydrogen-bond donors (Lipinski definition) is 4. The lowest BCUT2D eigenvalue weighted by molar-refractivity contribution is -0.134. The third-order valence-electron chi connectivity index (χ3n) is 3.96. The molecule has 0 amide bonds. The molecule has 0 saturated carbocycles. The summed E-state index contributed by atoms with van der Waals surface area (Å²) in [6, 6.07) is 7.00. The Morgan fingerprint density at radius 1 is 1.20 bits per heavy atom. The number of thioether (sulfide) groups is 1. The van der Waals surface area contributed by atoms with Crippen molar-refractivity contribution < 1.29 is 24.2 Å². The molecule has 0 radical (unpaired) electrons. The van der Waals surface area contributed by atoms with Crippen LogP contribution >= 0.6 is 11.8 Å². The van der Waals surface area contributed by atoms with Crippen LogP contribution in [0.2, 0.25) is 0 Å². The quantitative estimate of drug-likeness (QED) is 0.454. The summed E-state index contributed by atoms with van der Waals surface area (Å²) < 4.78 is 13.1. The molecule has 0 fully saturated rings. The molecule has 1 aliphatic rings. The Morgan fingerprint density at radius 2 is 1.73 bits per heavy atom. The number of carboxylic acid groups (broad SMARTS) is 2. The van der Waals surface area contributed by atoms with Gasteiger partial charge in [0.05, 0.1) is 12.6 Å². The molecular formula is C21H30FN3O4S. The van der Waals surface area contributed by atoms with Crippen molar-refractivity contribution in [1.82, 2.24) is 10.4 Å². The summed E-state index contributed by atoms with van der Waals surface area (Å²) in [5, 5.41) is 17.8. The van der Waals surface area contributed by atoms with Gasteiger partial charge in [0.25, 0.3) is 0 Å². The molecule has 9 heteroatoms. The molecule has 1 unspecified atom stereocenters. The highest BCUT2D eigenvalue weighted by atomic mass is 32.2. The van der Waals surface area contributed by atoms with Crippen LogP contribution in [-0.4, -0.2) is 45.3 Å². The van der Waals surface area contributed by atoms with Gasteiger partial charge in [-0.3, -0.25) is 0 Å². The largest absolute Gasteiger partial charge is 0.478 e. The zero-order valence-electron chi connectivity index (χ0n) is 17.7. The number of nitrogens with two attached hydrogens (primary N) is 1. The molecule has 2 rings (SSSR count). The van der Waals surface area contributed by atoms with Crippen molar-refractivity contribution in [3.05, 3.63) is 52.8 Å². The zero-order chi connectivity index (χ0) is 22.9. The number of rotatable bonds is 8. The van der Waals surface area contributed by atoms with E-state index in [1.807, 2.05) is 26.0 Å². The van der Waals surface area contributed by atoms with Crippen molar-refractivity contribution in [2.75, 3.05) is 6.54 Å². The number of hydrogen-bond acceptors (Lipinski definition) is 6. The standard InChI is InChI=1S/C17H26FN3S.C4H4O4/c1-5-14-16(22-13-9-7-12(18)8-10-13)15(6-2)21(20-14)11-17(3,4)19;5-3(6)1-2-4(7)8/h7-10,14,20H,5-6,11,19H2,1-4H3;1-2H,(H,5,6)(H,7,8)/b;2-1-. The third-order valence-corrected chi connectivity index (χ3v) is 5.21. The third kappa shape index (κ3) is 8.98. The van der Waals surface area contributed by atoms with E-state index >= 15 is 0 Å². The summed E-state index contributed by atoms with van der Waals surface area (Å²) >= 11 is 1.72. The maximum absolute atomic E-state index is 13.1. The van der Waals surface area contributed by atoms with Gasteiger partial charge in [-0.05, 0) is 51.0 Å². The SMILES string of the molecule is CCC1=C(Sc2ccc(F)cc2)C(CC)NN1CC(C)(C)N.O=C(O)/C=C\C(=O)O. The molecule has 5 N–H and O–H groups in total. The summed E-state index contributed by atoms with van der Waals surface area (Å²) in [4.78, 5) is 21.5. The van der Waals surface area contributed by atoms with Crippen molar-refractivity contribution in [3.63, 3.8) is 0 Å². The first-order valence-electron chi connectivity index (χ1n) is 9.59. The summed E-state index contributed by atoms with van der Waals surface area (Å²) in [5.41, 5.74) is 10.8. The minimum Gasteiger partial charge on any atom is -0.478 e. The molecule has 0 spiro atoms. The van der Waals surface area contributed by atoms with Gasteiger partial charge in [-0.25, -0.2) is 19.4 Å². The van der Waals surface area contributed by atoms with Gasteiger partial charge in [0.15, 0.2) is 0 Å². The normalized spacial score (nSPS) is 16.6. The van der Waals surface area contributed by atoms with E-state index in [0.29, 0.717) is 18.2 Å². The number of nitrogens with zero attached hydrogens (tertiary/aromatic N) is 1. The Balaban J connectivity index is 0.000000479.